The highest BCUT2D eigenvalue weighted by molar-refractivity contribution is 7.80. The highest BCUT2D eigenvalue weighted by atomic mass is 32.1. The van der Waals surface area contributed by atoms with Gasteiger partial charge in [-0.25, -0.2) is 0 Å². The number of halogens is 3. The van der Waals surface area contributed by atoms with Gasteiger partial charge in [-0.1, -0.05) is 12.1 Å². The summed E-state index contributed by atoms with van der Waals surface area (Å²) >= 11 is 5.19. The van der Waals surface area contributed by atoms with Gasteiger partial charge in [-0.15, -0.1) is 0 Å². The van der Waals surface area contributed by atoms with Crippen LogP contribution < -0.4 is 10.6 Å². The molecule has 25 heavy (non-hydrogen) atoms. The zero-order valence-electron chi connectivity index (χ0n) is 13.8. The van der Waals surface area contributed by atoms with Crippen molar-refractivity contribution < 1.29 is 13.2 Å². The van der Waals surface area contributed by atoms with E-state index in [0.29, 0.717) is 6.54 Å². The molecule has 0 spiro atoms. The first kappa shape index (κ1) is 19.1. The van der Waals surface area contributed by atoms with Crippen molar-refractivity contribution in [3.63, 3.8) is 0 Å². The van der Waals surface area contributed by atoms with Crippen LogP contribution in [0.5, 0.6) is 0 Å². The molecule has 0 aliphatic rings. The Labute approximate surface area is 150 Å². The van der Waals surface area contributed by atoms with Gasteiger partial charge in [-0.05, 0) is 56.1 Å². The lowest BCUT2D eigenvalue weighted by Gasteiger charge is -2.25. The molecular formula is C17H19F3N4S. The molecule has 8 heteroatoms. The minimum absolute atomic E-state index is 0.0231. The molecule has 1 aromatic heterocycles. The van der Waals surface area contributed by atoms with Gasteiger partial charge in [0, 0.05) is 24.6 Å². The molecule has 2 rings (SSSR count). The van der Waals surface area contributed by atoms with Crippen LogP contribution in [0.25, 0.3) is 0 Å². The predicted molar refractivity (Wildman–Crippen MR) is 96.3 cm³/mol. The third-order valence-corrected chi connectivity index (χ3v) is 3.84. The first-order chi connectivity index (χ1) is 11.8. The maximum Gasteiger partial charge on any atom is 0.416 e. The molecule has 0 bridgehead atoms. The fraction of sp³-hybridized carbons (Fsp3) is 0.294. The number of pyridine rings is 1. The molecule has 0 radical (unpaired) electrons. The molecule has 134 valence electrons. The lowest BCUT2D eigenvalue weighted by molar-refractivity contribution is -0.137. The smallest absolute Gasteiger partial charge is 0.361 e. The number of hydrogen-bond donors (Lipinski definition) is 2. The SMILES string of the molecule is CN(C)[C@H](CNC(=S)Nc1cccc(C(F)(F)F)c1)c1cccnc1. The molecule has 0 aliphatic heterocycles. The average Bonchev–Trinajstić information content (AvgIpc) is 2.55. The lowest BCUT2D eigenvalue weighted by atomic mass is 10.1. The standard InChI is InChI=1S/C17H19F3N4S/c1-24(2)15(12-5-4-8-21-10-12)11-22-16(25)23-14-7-3-6-13(9-14)17(18,19)20/h3-10,15H,11H2,1-2H3,(H2,22,23,25)/t15-/m1/s1. The van der Waals surface area contributed by atoms with Gasteiger partial charge in [0.05, 0.1) is 11.6 Å². The third-order valence-electron chi connectivity index (χ3n) is 3.60. The summed E-state index contributed by atoms with van der Waals surface area (Å²) in [7, 11) is 3.87. The van der Waals surface area contributed by atoms with E-state index in [1.807, 2.05) is 31.1 Å². The van der Waals surface area contributed by atoms with E-state index >= 15 is 0 Å². The van der Waals surface area contributed by atoms with Crippen molar-refractivity contribution in [1.29, 1.82) is 0 Å². The summed E-state index contributed by atoms with van der Waals surface area (Å²) in [5.41, 5.74) is 0.582. The van der Waals surface area contributed by atoms with Gasteiger partial charge in [0.25, 0.3) is 0 Å². The van der Waals surface area contributed by atoms with Crippen LogP contribution >= 0.6 is 12.2 Å². The second-order valence-corrected chi connectivity index (χ2v) is 6.09. The van der Waals surface area contributed by atoms with Crippen molar-refractivity contribution in [3.05, 3.63) is 59.9 Å². The van der Waals surface area contributed by atoms with Crippen molar-refractivity contribution in [2.24, 2.45) is 0 Å². The second kappa shape index (κ2) is 8.26. The lowest BCUT2D eigenvalue weighted by Crippen LogP contribution is -2.36. The van der Waals surface area contributed by atoms with E-state index in [2.05, 4.69) is 15.6 Å². The van der Waals surface area contributed by atoms with E-state index in [-0.39, 0.29) is 16.8 Å². The molecule has 0 unspecified atom stereocenters. The summed E-state index contributed by atoms with van der Waals surface area (Å²) in [6.07, 6.45) is -0.915. The van der Waals surface area contributed by atoms with E-state index in [1.54, 1.807) is 12.4 Å². The molecule has 0 saturated carbocycles. The van der Waals surface area contributed by atoms with Crippen molar-refractivity contribution in [1.82, 2.24) is 15.2 Å². The fourth-order valence-electron chi connectivity index (χ4n) is 2.31. The van der Waals surface area contributed by atoms with Gasteiger partial charge in [-0.3, -0.25) is 4.98 Å². The minimum atomic E-state index is -4.39. The summed E-state index contributed by atoms with van der Waals surface area (Å²) < 4.78 is 38.2. The van der Waals surface area contributed by atoms with E-state index < -0.39 is 11.7 Å². The van der Waals surface area contributed by atoms with Crippen LogP contribution in [0.1, 0.15) is 17.2 Å². The number of alkyl halides is 3. The van der Waals surface area contributed by atoms with Crippen molar-refractivity contribution in [2.75, 3.05) is 26.0 Å². The molecule has 1 aromatic carbocycles. The van der Waals surface area contributed by atoms with Crippen LogP contribution in [0.4, 0.5) is 18.9 Å². The van der Waals surface area contributed by atoms with Crippen molar-refractivity contribution in [3.8, 4) is 0 Å². The number of anilines is 1. The topological polar surface area (TPSA) is 40.2 Å². The van der Waals surface area contributed by atoms with Crippen LogP contribution in [0.3, 0.4) is 0 Å². The quantitative estimate of drug-likeness (QED) is 0.788. The molecule has 0 amide bonds. The summed E-state index contributed by atoms with van der Waals surface area (Å²) in [5, 5.41) is 6.08. The number of thiocarbonyl (C=S) groups is 1. The Bertz CT molecular complexity index is 705. The first-order valence-corrected chi connectivity index (χ1v) is 7.96. The van der Waals surface area contributed by atoms with Crippen LogP contribution in [0, 0.1) is 0 Å². The summed E-state index contributed by atoms with van der Waals surface area (Å²) in [6, 6.07) is 8.76. The van der Waals surface area contributed by atoms with Gasteiger partial charge in [0.2, 0.25) is 0 Å². The van der Waals surface area contributed by atoms with Crippen LogP contribution in [-0.2, 0) is 6.18 Å². The van der Waals surface area contributed by atoms with Gasteiger partial charge >= 0.3 is 6.18 Å². The Morgan fingerprint density at radius 3 is 2.60 bits per heavy atom. The monoisotopic (exact) mass is 368 g/mol. The van der Waals surface area contributed by atoms with E-state index in [9.17, 15) is 13.2 Å². The second-order valence-electron chi connectivity index (χ2n) is 5.68. The van der Waals surface area contributed by atoms with Crippen molar-refractivity contribution >= 4 is 23.0 Å². The number of nitrogens with one attached hydrogen (secondary N) is 2. The number of likely N-dealkylation sites (N-methyl/N-ethyl adjacent to an activating group) is 1. The average molecular weight is 368 g/mol. The molecule has 2 aromatic rings. The third kappa shape index (κ3) is 5.68. The largest absolute Gasteiger partial charge is 0.416 e. The molecule has 0 saturated heterocycles. The summed E-state index contributed by atoms with van der Waals surface area (Å²) in [5.74, 6) is 0. The fourth-order valence-corrected chi connectivity index (χ4v) is 2.51. The number of nitrogens with zero attached hydrogens (tertiary/aromatic N) is 2. The first-order valence-electron chi connectivity index (χ1n) is 7.56. The summed E-state index contributed by atoms with van der Waals surface area (Å²) in [4.78, 5) is 6.12. The number of aromatic nitrogens is 1. The highest BCUT2D eigenvalue weighted by Gasteiger charge is 2.30. The van der Waals surface area contributed by atoms with Crippen molar-refractivity contribution in [2.45, 2.75) is 12.2 Å². The zero-order valence-corrected chi connectivity index (χ0v) is 14.7. The molecule has 2 N–H and O–H groups in total. The van der Waals surface area contributed by atoms with Gasteiger partial charge in [-0.2, -0.15) is 13.2 Å². The van der Waals surface area contributed by atoms with Crippen LogP contribution in [0.15, 0.2) is 48.8 Å². The normalized spacial score (nSPS) is 12.7. The summed E-state index contributed by atoms with van der Waals surface area (Å²) in [6.45, 7) is 0.490. The number of rotatable bonds is 5. The number of benzene rings is 1. The Hall–Kier alpha value is -2.19. The maximum absolute atomic E-state index is 12.7. The Morgan fingerprint density at radius 1 is 1.24 bits per heavy atom. The van der Waals surface area contributed by atoms with Crippen LogP contribution in [0.2, 0.25) is 0 Å². The molecule has 4 nitrogen and oxygen atoms in total. The predicted octanol–water partition coefficient (Wildman–Crippen LogP) is 3.69. The van der Waals surface area contributed by atoms with E-state index in [0.717, 1.165) is 17.7 Å². The minimum Gasteiger partial charge on any atom is -0.361 e. The number of hydrogen-bond acceptors (Lipinski definition) is 3. The molecule has 1 atom stereocenters. The molecular weight excluding hydrogens is 349 g/mol. The molecule has 1 heterocycles. The Balaban J connectivity index is 1.98. The van der Waals surface area contributed by atoms with E-state index in [4.69, 9.17) is 12.2 Å². The van der Waals surface area contributed by atoms with E-state index in [1.165, 1.54) is 12.1 Å². The molecule has 0 fully saturated rings. The Morgan fingerprint density at radius 2 is 2.00 bits per heavy atom. The van der Waals surface area contributed by atoms with Crippen LogP contribution in [-0.4, -0.2) is 35.6 Å². The van der Waals surface area contributed by atoms with Gasteiger partial charge in [0.15, 0.2) is 5.11 Å². The van der Waals surface area contributed by atoms with Gasteiger partial charge < -0.3 is 15.5 Å². The maximum atomic E-state index is 12.7. The zero-order chi connectivity index (χ0) is 18.4. The Kier molecular flexibility index (Phi) is 6.33. The van der Waals surface area contributed by atoms with Gasteiger partial charge in [0.1, 0.15) is 0 Å². The highest BCUT2D eigenvalue weighted by Crippen LogP contribution is 2.30. The molecule has 0 aliphatic carbocycles.